The Bertz CT molecular complexity index is 5800. The number of para-hydroxylation sites is 5. The zero-order valence-corrected chi connectivity index (χ0v) is 72.1. The van der Waals surface area contributed by atoms with Gasteiger partial charge in [0.1, 0.15) is 60.7 Å². The van der Waals surface area contributed by atoms with Crippen molar-refractivity contribution in [3.8, 4) is 34.5 Å². The van der Waals surface area contributed by atoms with Gasteiger partial charge in [0.25, 0.3) is 0 Å². The molecule has 0 saturated heterocycles. The van der Waals surface area contributed by atoms with Crippen LogP contribution in [0.5, 0.6) is 0 Å². The Balaban J connectivity index is 0.000000134. The van der Waals surface area contributed by atoms with E-state index in [4.69, 9.17) is 10.00 Å². The zero-order valence-electron chi connectivity index (χ0n) is 72.1. The number of rotatable bonds is 29. The molecule has 0 radical (unpaired) electrons. The first-order valence-electron chi connectivity index (χ1n) is 41.8. The van der Waals surface area contributed by atoms with Crippen LogP contribution < -0.4 is 51.1 Å². The van der Waals surface area contributed by atoms with E-state index in [9.17, 15) is 0 Å². The van der Waals surface area contributed by atoms with Crippen LogP contribution in [0.25, 0.3) is 28.4 Å². The highest BCUT2D eigenvalue weighted by Crippen LogP contribution is 2.30. The topological polar surface area (TPSA) is 327 Å². The fraction of sp³-hybridized carbons (Fsp3) is 0.269. The lowest BCUT2D eigenvalue weighted by Gasteiger charge is -2.32. The van der Waals surface area contributed by atoms with Crippen molar-refractivity contribution in [2.45, 2.75) is 104 Å². The highest BCUT2D eigenvalue weighted by molar-refractivity contribution is 5.59. The zero-order chi connectivity index (χ0) is 87.1. The second kappa shape index (κ2) is 44.3. The summed E-state index contributed by atoms with van der Waals surface area (Å²) >= 11 is 0. The van der Waals surface area contributed by atoms with E-state index in [0.29, 0.717) is 79.4 Å². The molecule has 0 amide bonds. The van der Waals surface area contributed by atoms with E-state index in [-0.39, 0.29) is 0 Å². The minimum atomic E-state index is 0.318. The third kappa shape index (κ3) is 25.4. The van der Waals surface area contributed by atoms with Crippen LogP contribution in [0.3, 0.4) is 0 Å². The summed E-state index contributed by atoms with van der Waals surface area (Å²) < 4.78 is 13.9. The van der Waals surface area contributed by atoms with Gasteiger partial charge >= 0.3 is 0 Å². The van der Waals surface area contributed by atoms with E-state index < -0.39 is 0 Å². The smallest absolute Gasteiger partial charge is 0.246 e. The molecule has 17 rings (SSSR count). The molecule has 5 aromatic carbocycles. The molecule has 32 nitrogen and oxygen atoms in total. The first kappa shape index (κ1) is 87.6. The van der Waals surface area contributed by atoms with E-state index in [0.717, 1.165) is 99.1 Å². The molecule has 15 aromatic rings. The minimum absolute atomic E-state index is 0.318. The number of nitriles is 1. The summed E-state index contributed by atoms with van der Waals surface area (Å²) in [4.78, 5) is 54.9. The SMILES string of the molecule is CC(C)CN(C)c1cc(-n2cnc(Nc3ccccc3)n2)ccn1.CC1C=CC(C)N1c1cc(-n2cnc(Nc3ccccc3)n2)ccn1.CN(CCC#N)c1cc(-n2cnc(Nc3ccccc3)n2)ccn1.CN(c1cc(-n2cnc(Nc3ccccc3)n2)ccn1)C1CCCCC1.COCCN(c1cc(-n2cnc(Nc3ccccc3)n2)ccn1)C(C)C. The Hall–Kier alpha value is -15.3. The van der Waals surface area contributed by atoms with E-state index >= 15 is 0 Å². The van der Waals surface area contributed by atoms with Crippen LogP contribution in [0.2, 0.25) is 0 Å². The lowest BCUT2D eigenvalue weighted by atomic mass is 9.94. The van der Waals surface area contributed by atoms with Crippen molar-refractivity contribution < 1.29 is 4.74 Å². The summed E-state index contributed by atoms with van der Waals surface area (Å²) in [6, 6.07) is 72.7. The first-order chi connectivity index (χ1) is 61.0. The molecule has 2 aliphatic rings. The molecule has 0 bridgehead atoms. The third-order valence-electron chi connectivity index (χ3n) is 20.3. The number of nitrogens with one attached hydrogen (secondary N) is 5. The molecule has 1 aliphatic heterocycles. The molecule has 0 spiro atoms. The number of nitrogens with zero attached hydrogens (tertiary/aromatic N) is 26. The van der Waals surface area contributed by atoms with Gasteiger partial charge in [-0.05, 0) is 137 Å². The summed E-state index contributed by atoms with van der Waals surface area (Å²) in [7, 11) is 7.81. The average molecular weight is 1680 g/mol. The Morgan fingerprint density at radius 2 is 0.728 bits per heavy atom. The second-order valence-electron chi connectivity index (χ2n) is 30.4. The maximum absolute atomic E-state index is 8.69. The fourth-order valence-electron chi connectivity index (χ4n) is 13.9. The fourth-order valence-corrected chi connectivity index (χ4v) is 13.9. The molecule has 5 N–H and O–H groups in total. The summed E-state index contributed by atoms with van der Waals surface area (Å²) in [5.41, 5.74) is 9.37. The standard InChI is InChI=1S/C20H24N6.C19H24N6O.C19H20N6.C18H22N6.C17H17N7/c1-25(17-10-6-3-7-11-17)19-14-18(12-13-21-19)26-15-22-20(24-26)23-16-8-4-2-5-9-16;1-15(2)24(11-12-26-3)18-13-17(9-10-20-18)25-14-21-19(23-25)22-16-7-5-4-6-8-16;1-14-8-9-15(2)25(14)18-12-17(10-11-20-18)24-13-21-19(23-24)22-16-6-4-3-5-7-16;1-14(2)12-23(3)17-11-16(9-10-19-17)24-13-20-18(22-24)21-15-7-5-4-6-8-15;1-23(11-5-9-18)16-12-15(8-10-19-16)24-13-20-17(22-24)21-14-6-3-2-4-7-14/h2,4-5,8-9,12-15,17H,3,6-7,10-11H2,1H3,(H,23,24);4-10,13-15H,11-12H2,1-3H3,(H,22,23);3-15H,1-2H3,(H,22,23);4-11,13-14H,12H2,1-3H3,(H,21,22);2-4,6-8,10,12-13H,5,11H2,1H3,(H,21,22). The predicted octanol–water partition coefficient (Wildman–Crippen LogP) is 17.3. The number of ether oxygens (including phenoxy) is 1. The van der Waals surface area contributed by atoms with Gasteiger partial charge in [-0.25, -0.2) is 48.3 Å². The summed E-state index contributed by atoms with van der Waals surface area (Å²) in [6.07, 6.45) is 28.8. The van der Waals surface area contributed by atoms with E-state index in [2.05, 4.69) is 201 Å². The quantitative estimate of drug-likeness (QED) is 0.0272. The Morgan fingerprint density at radius 3 is 1.08 bits per heavy atom. The maximum Gasteiger partial charge on any atom is 0.246 e. The van der Waals surface area contributed by atoms with Crippen molar-refractivity contribution in [1.82, 2.24) is 98.7 Å². The monoisotopic (exact) mass is 1670 g/mol. The lowest BCUT2D eigenvalue weighted by Crippen LogP contribution is -2.34. The van der Waals surface area contributed by atoms with Gasteiger partial charge in [-0.3, -0.25) is 0 Å². The number of hydrogen-bond acceptors (Lipinski definition) is 27. The van der Waals surface area contributed by atoms with Crippen molar-refractivity contribution in [3.63, 3.8) is 0 Å². The molecule has 1 aliphatic carbocycles. The Kier molecular flexibility index (Phi) is 31.1. The molecule has 125 heavy (non-hydrogen) atoms. The number of aromatic nitrogens is 20. The third-order valence-corrected chi connectivity index (χ3v) is 20.3. The normalized spacial score (nSPS) is 13.3. The molecule has 10 aromatic heterocycles. The maximum atomic E-state index is 8.69. The van der Waals surface area contributed by atoms with Crippen LogP contribution in [0.4, 0.5) is 87.3 Å². The van der Waals surface area contributed by atoms with Crippen LogP contribution in [-0.4, -0.2) is 177 Å². The molecular weight excluding hydrogens is 1570 g/mol. The van der Waals surface area contributed by atoms with Gasteiger partial charge in [-0.2, -0.15) is 30.2 Å². The number of benzene rings is 5. The molecule has 11 heterocycles. The Morgan fingerprint density at radius 1 is 0.400 bits per heavy atom. The minimum Gasteiger partial charge on any atom is -0.383 e. The molecule has 1 saturated carbocycles. The number of hydrogen-bond donors (Lipinski definition) is 5. The van der Waals surface area contributed by atoms with Gasteiger partial charge in [-0.15, -0.1) is 25.5 Å². The van der Waals surface area contributed by atoms with Crippen LogP contribution >= 0.6 is 0 Å². The van der Waals surface area contributed by atoms with Gasteiger partial charge in [0, 0.05) is 162 Å². The second-order valence-corrected chi connectivity index (χ2v) is 30.4. The number of pyridine rings is 5. The van der Waals surface area contributed by atoms with Gasteiger partial charge in [0.05, 0.1) is 47.5 Å². The van der Waals surface area contributed by atoms with Crippen molar-refractivity contribution in [1.29, 1.82) is 5.26 Å². The van der Waals surface area contributed by atoms with Crippen LogP contribution in [0.1, 0.15) is 80.1 Å². The molecule has 1 fully saturated rings. The van der Waals surface area contributed by atoms with Gasteiger partial charge in [-0.1, -0.05) is 136 Å². The first-order valence-corrected chi connectivity index (χ1v) is 41.8. The van der Waals surface area contributed by atoms with Crippen LogP contribution in [-0.2, 0) is 4.74 Å². The molecule has 2 unspecified atom stereocenters. The molecule has 2 atom stereocenters. The summed E-state index contributed by atoms with van der Waals surface area (Å²) in [5, 5.41) is 47.1. The van der Waals surface area contributed by atoms with E-state index in [1.807, 2.05) is 231 Å². The van der Waals surface area contributed by atoms with Crippen molar-refractivity contribution in [2.75, 3.05) is 106 Å². The van der Waals surface area contributed by atoms with Crippen LogP contribution in [0.15, 0.2) is 287 Å². The van der Waals surface area contributed by atoms with Gasteiger partial charge < -0.3 is 55.8 Å². The highest BCUT2D eigenvalue weighted by atomic mass is 16.5. The number of anilines is 15. The van der Waals surface area contributed by atoms with E-state index in [1.165, 1.54) is 32.1 Å². The summed E-state index contributed by atoms with van der Waals surface area (Å²) in [6.45, 7) is 16.0. The van der Waals surface area contributed by atoms with E-state index in [1.54, 1.807) is 80.7 Å². The van der Waals surface area contributed by atoms with Gasteiger partial charge in [0.15, 0.2) is 0 Å². The lowest BCUT2D eigenvalue weighted by molar-refractivity contribution is 0.203. The summed E-state index contributed by atoms with van der Waals surface area (Å²) in [5.74, 6) is 7.89. The number of methoxy groups -OCH3 is 1. The molecule has 640 valence electrons. The molecule has 32 heteroatoms. The molecular formula is C93H107N31O. The Labute approximate surface area is 729 Å². The van der Waals surface area contributed by atoms with Crippen LogP contribution in [0, 0.1) is 17.2 Å². The average Bonchev–Trinajstić information content (AvgIpc) is 1.65. The van der Waals surface area contributed by atoms with Crippen molar-refractivity contribution in [3.05, 3.63) is 287 Å². The van der Waals surface area contributed by atoms with Crippen molar-refractivity contribution in [2.24, 2.45) is 5.92 Å². The van der Waals surface area contributed by atoms with Crippen molar-refractivity contribution >= 4 is 87.3 Å². The largest absolute Gasteiger partial charge is 0.383 e. The predicted molar refractivity (Wildman–Crippen MR) is 496 cm³/mol. The van der Waals surface area contributed by atoms with Gasteiger partial charge in [0.2, 0.25) is 29.7 Å². The highest BCUT2D eigenvalue weighted by Gasteiger charge is 2.25.